The maximum Gasteiger partial charge on any atom is 0.211 e. The lowest BCUT2D eigenvalue weighted by atomic mass is 10.0. The van der Waals surface area contributed by atoms with E-state index in [1.807, 2.05) is 0 Å². The van der Waals surface area contributed by atoms with Crippen LogP contribution in [-0.4, -0.2) is 47.0 Å². The second-order valence-electron chi connectivity index (χ2n) is 5.39. The SMILES string of the molecule is O=S(=O)(CC1CCNCC1)NCCC1CCOC1. The molecule has 2 saturated heterocycles. The largest absolute Gasteiger partial charge is 0.381 e. The third-order valence-electron chi connectivity index (χ3n) is 3.81. The lowest BCUT2D eigenvalue weighted by Gasteiger charge is -2.22. The highest BCUT2D eigenvalue weighted by Crippen LogP contribution is 2.16. The molecule has 0 aromatic carbocycles. The molecule has 106 valence electrons. The van der Waals surface area contributed by atoms with Gasteiger partial charge in [-0.3, -0.25) is 0 Å². The van der Waals surface area contributed by atoms with Crippen LogP contribution in [0, 0.1) is 11.8 Å². The molecule has 0 amide bonds. The van der Waals surface area contributed by atoms with Gasteiger partial charge in [-0.2, -0.15) is 0 Å². The van der Waals surface area contributed by atoms with Crippen molar-refractivity contribution in [3.05, 3.63) is 0 Å². The van der Waals surface area contributed by atoms with Crippen molar-refractivity contribution in [2.75, 3.05) is 38.6 Å². The van der Waals surface area contributed by atoms with E-state index in [4.69, 9.17) is 4.74 Å². The first-order chi connectivity index (χ1) is 8.66. The summed E-state index contributed by atoms with van der Waals surface area (Å²) in [5.74, 6) is 1.14. The average Bonchev–Trinajstić information content (AvgIpc) is 2.82. The number of rotatable bonds is 6. The third-order valence-corrected chi connectivity index (χ3v) is 5.37. The minimum absolute atomic E-state index is 0.288. The molecule has 2 heterocycles. The maximum atomic E-state index is 11.9. The van der Waals surface area contributed by atoms with E-state index in [0.717, 1.165) is 52.0 Å². The van der Waals surface area contributed by atoms with Crippen LogP contribution >= 0.6 is 0 Å². The summed E-state index contributed by atoms with van der Waals surface area (Å²) in [6, 6.07) is 0. The van der Waals surface area contributed by atoms with E-state index in [1.165, 1.54) is 0 Å². The lowest BCUT2D eigenvalue weighted by Crippen LogP contribution is -2.36. The van der Waals surface area contributed by atoms with Gasteiger partial charge < -0.3 is 10.1 Å². The van der Waals surface area contributed by atoms with Crippen molar-refractivity contribution in [2.24, 2.45) is 11.8 Å². The molecule has 0 aromatic heterocycles. The van der Waals surface area contributed by atoms with E-state index in [2.05, 4.69) is 10.0 Å². The molecular formula is C12H24N2O3S. The summed E-state index contributed by atoms with van der Waals surface area (Å²) in [6.07, 6.45) is 3.90. The van der Waals surface area contributed by atoms with Gasteiger partial charge in [0.15, 0.2) is 0 Å². The van der Waals surface area contributed by atoms with E-state index in [0.29, 0.717) is 18.4 Å². The predicted molar refractivity (Wildman–Crippen MR) is 70.9 cm³/mol. The van der Waals surface area contributed by atoms with Crippen molar-refractivity contribution in [3.63, 3.8) is 0 Å². The molecule has 2 N–H and O–H groups in total. The molecule has 1 unspecified atom stereocenters. The number of nitrogens with one attached hydrogen (secondary N) is 2. The molecule has 6 heteroatoms. The van der Waals surface area contributed by atoms with E-state index in [-0.39, 0.29) is 5.75 Å². The lowest BCUT2D eigenvalue weighted by molar-refractivity contribution is 0.184. The summed E-state index contributed by atoms with van der Waals surface area (Å²) in [5, 5.41) is 3.25. The number of hydrogen-bond acceptors (Lipinski definition) is 4. The first-order valence-corrected chi connectivity index (χ1v) is 8.57. The molecule has 18 heavy (non-hydrogen) atoms. The molecule has 5 nitrogen and oxygen atoms in total. The van der Waals surface area contributed by atoms with Gasteiger partial charge in [-0.25, -0.2) is 13.1 Å². The highest BCUT2D eigenvalue weighted by Gasteiger charge is 2.21. The van der Waals surface area contributed by atoms with Crippen molar-refractivity contribution in [2.45, 2.75) is 25.7 Å². The Morgan fingerprint density at radius 3 is 2.61 bits per heavy atom. The molecular weight excluding hydrogens is 252 g/mol. The fraction of sp³-hybridized carbons (Fsp3) is 1.00. The fourth-order valence-corrected chi connectivity index (χ4v) is 4.15. The average molecular weight is 276 g/mol. The minimum atomic E-state index is -3.09. The smallest absolute Gasteiger partial charge is 0.211 e. The Labute approximate surface area is 110 Å². The summed E-state index contributed by atoms with van der Waals surface area (Å²) in [6.45, 7) is 4.06. The Balaban J connectivity index is 1.66. The monoisotopic (exact) mass is 276 g/mol. The molecule has 0 bridgehead atoms. The summed E-state index contributed by atoms with van der Waals surface area (Å²) < 4.78 is 31.8. The highest BCUT2D eigenvalue weighted by molar-refractivity contribution is 7.89. The van der Waals surface area contributed by atoms with Crippen LogP contribution < -0.4 is 10.0 Å². The van der Waals surface area contributed by atoms with Gasteiger partial charge in [-0.05, 0) is 50.6 Å². The molecule has 2 fully saturated rings. The van der Waals surface area contributed by atoms with Crippen LogP contribution in [0.15, 0.2) is 0 Å². The Morgan fingerprint density at radius 2 is 1.94 bits per heavy atom. The van der Waals surface area contributed by atoms with Gasteiger partial charge in [0.2, 0.25) is 10.0 Å². The van der Waals surface area contributed by atoms with Crippen molar-refractivity contribution in [1.29, 1.82) is 0 Å². The highest BCUT2D eigenvalue weighted by atomic mass is 32.2. The zero-order valence-corrected chi connectivity index (χ0v) is 11.7. The van der Waals surface area contributed by atoms with Crippen molar-refractivity contribution < 1.29 is 13.2 Å². The third kappa shape index (κ3) is 4.84. The summed E-state index contributed by atoms with van der Waals surface area (Å²) in [5.41, 5.74) is 0. The van der Waals surface area contributed by atoms with Gasteiger partial charge in [-0.15, -0.1) is 0 Å². The van der Waals surface area contributed by atoms with Crippen LogP contribution in [0.1, 0.15) is 25.7 Å². The molecule has 0 radical (unpaired) electrons. The van der Waals surface area contributed by atoms with Crippen LogP contribution in [-0.2, 0) is 14.8 Å². The molecule has 0 spiro atoms. The maximum absolute atomic E-state index is 11.9. The molecule has 0 saturated carbocycles. The van der Waals surface area contributed by atoms with Crippen LogP contribution in [0.4, 0.5) is 0 Å². The van der Waals surface area contributed by atoms with Gasteiger partial charge in [0, 0.05) is 19.8 Å². The van der Waals surface area contributed by atoms with Crippen LogP contribution in [0.2, 0.25) is 0 Å². The van der Waals surface area contributed by atoms with E-state index >= 15 is 0 Å². The zero-order valence-electron chi connectivity index (χ0n) is 10.9. The van der Waals surface area contributed by atoms with Gasteiger partial charge in [-0.1, -0.05) is 0 Å². The van der Waals surface area contributed by atoms with Crippen LogP contribution in [0.3, 0.4) is 0 Å². The number of sulfonamides is 1. The van der Waals surface area contributed by atoms with Gasteiger partial charge in [0.05, 0.1) is 5.75 Å². The van der Waals surface area contributed by atoms with E-state index < -0.39 is 10.0 Å². The number of hydrogen-bond donors (Lipinski definition) is 2. The standard InChI is InChI=1S/C12H24N2O3S/c15-18(16,10-12-1-5-13-6-2-12)14-7-3-11-4-8-17-9-11/h11-14H,1-10H2. The molecule has 2 rings (SSSR count). The molecule has 0 aromatic rings. The second kappa shape index (κ2) is 6.84. The van der Waals surface area contributed by atoms with Crippen LogP contribution in [0.5, 0.6) is 0 Å². The first-order valence-electron chi connectivity index (χ1n) is 6.91. The minimum Gasteiger partial charge on any atom is -0.381 e. The second-order valence-corrected chi connectivity index (χ2v) is 7.24. The summed E-state index contributed by atoms with van der Waals surface area (Å²) in [4.78, 5) is 0. The van der Waals surface area contributed by atoms with Crippen molar-refractivity contribution >= 4 is 10.0 Å². The van der Waals surface area contributed by atoms with Gasteiger partial charge in [0.25, 0.3) is 0 Å². The Bertz CT molecular complexity index is 333. The Kier molecular flexibility index (Phi) is 5.41. The van der Waals surface area contributed by atoms with Crippen molar-refractivity contribution in [1.82, 2.24) is 10.0 Å². The van der Waals surface area contributed by atoms with Crippen molar-refractivity contribution in [3.8, 4) is 0 Å². The zero-order chi connectivity index (χ0) is 12.8. The molecule has 1 atom stereocenters. The summed E-state index contributed by atoms with van der Waals surface area (Å²) >= 11 is 0. The Hall–Kier alpha value is -0.170. The predicted octanol–water partition coefficient (Wildman–Crippen LogP) is 0.332. The number of piperidine rings is 1. The van der Waals surface area contributed by atoms with Gasteiger partial charge >= 0.3 is 0 Å². The fourth-order valence-electron chi connectivity index (χ4n) is 2.65. The molecule has 0 aliphatic carbocycles. The first kappa shape index (κ1) is 14.2. The topological polar surface area (TPSA) is 67.4 Å². The van der Waals surface area contributed by atoms with E-state index in [9.17, 15) is 8.42 Å². The quantitative estimate of drug-likeness (QED) is 0.734. The normalized spacial score (nSPS) is 26.6. The van der Waals surface area contributed by atoms with Gasteiger partial charge in [0.1, 0.15) is 0 Å². The molecule has 2 aliphatic rings. The van der Waals surface area contributed by atoms with E-state index in [1.54, 1.807) is 0 Å². The summed E-state index contributed by atoms with van der Waals surface area (Å²) in [7, 11) is -3.09. The van der Waals surface area contributed by atoms with Crippen LogP contribution in [0.25, 0.3) is 0 Å². The number of ether oxygens (including phenoxy) is 1. The Morgan fingerprint density at radius 1 is 1.17 bits per heavy atom. The molecule has 2 aliphatic heterocycles.